The van der Waals surface area contributed by atoms with Gasteiger partial charge in [0.25, 0.3) is 0 Å². The molecule has 102 valence electrons. The van der Waals surface area contributed by atoms with Gasteiger partial charge < -0.3 is 9.64 Å². The minimum absolute atomic E-state index is 0.217. The molecule has 0 saturated carbocycles. The van der Waals surface area contributed by atoms with Crippen molar-refractivity contribution in [3.63, 3.8) is 0 Å². The number of rotatable bonds is 2. The number of aryl methyl sites for hydroxylation is 1. The number of carbonyl (C=O) groups excluding carboxylic acids is 1. The maximum Gasteiger partial charge on any atom is 0.222 e. The largest absolute Gasteiger partial charge is 0.381 e. The van der Waals surface area contributed by atoms with Crippen molar-refractivity contribution >= 4 is 5.91 Å². The van der Waals surface area contributed by atoms with Crippen molar-refractivity contribution in [3.8, 4) is 0 Å². The molecule has 3 heterocycles. The summed E-state index contributed by atoms with van der Waals surface area (Å²) in [6, 6.07) is 2.01. The standard InChI is InChI=1S/C15H20N2O2/c1-12-8-16-6-3-13(12)9-17-10-15(4-2-14(17)18)5-7-19-11-15/h3,6,8H,2,4-5,7,9-11H2,1H3. The van der Waals surface area contributed by atoms with Gasteiger partial charge in [0.05, 0.1) is 6.61 Å². The fourth-order valence-corrected chi connectivity index (χ4v) is 3.10. The van der Waals surface area contributed by atoms with Gasteiger partial charge in [0.2, 0.25) is 5.91 Å². The number of likely N-dealkylation sites (tertiary alicyclic amines) is 1. The third-order valence-corrected chi connectivity index (χ3v) is 4.43. The number of piperidine rings is 1. The molecule has 3 rings (SSSR count). The molecular formula is C15H20N2O2. The van der Waals surface area contributed by atoms with Gasteiger partial charge in [-0.25, -0.2) is 0 Å². The molecule has 1 unspecified atom stereocenters. The van der Waals surface area contributed by atoms with Crippen molar-refractivity contribution in [1.82, 2.24) is 9.88 Å². The molecule has 0 radical (unpaired) electrons. The number of hydrogen-bond donors (Lipinski definition) is 0. The summed E-state index contributed by atoms with van der Waals surface area (Å²) in [6.45, 7) is 5.25. The second kappa shape index (κ2) is 4.93. The van der Waals surface area contributed by atoms with Crippen LogP contribution < -0.4 is 0 Å². The van der Waals surface area contributed by atoms with E-state index in [-0.39, 0.29) is 11.3 Å². The predicted molar refractivity (Wildman–Crippen MR) is 71.5 cm³/mol. The Morgan fingerprint density at radius 2 is 2.37 bits per heavy atom. The van der Waals surface area contributed by atoms with E-state index in [0.29, 0.717) is 13.0 Å². The molecule has 2 saturated heterocycles. The third-order valence-electron chi connectivity index (χ3n) is 4.43. The highest BCUT2D eigenvalue weighted by atomic mass is 16.5. The summed E-state index contributed by atoms with van der Waals surface area (Å²) in [5.74, 6) is 0.272. The minimum Gasteiger partial charge on any atom is -0.381 e. The van der Waals surface area contributed by atoms with Crippen LogP contribution in [0.15, 0.2) is 18.5 Å². The van der Waals surface area contributed by atoms with Crippen LogP contribution in [0.3, 0.4) is 0 Å². The van der Waals surface area contributed by atoms with Gasteiger partial charge in [-0.05, 0) is 37.0 Å². The van der Waals surface area contributed by atoms with Crippen LogP contribution in [0, 0.1) is 12.3 Å². The topological polar surface area (TPSA) is 42.4 Å². The Balaban J connectivity index is 1.75. The maximum absolute atomic E-state index is 12.1. The molecule has 1 aromatic heterocycles. The summed E-state index contributed by atoms with van der Waals surface area (Å²) in [6.07, 6.45) is 6.39. The van der Waals surface area contributed by atoms with Gasteiger partial charge in [0.15, 0.2) is 0 Å². The summed E-state index contributed by atoms with van der Waals surface area (Å²) in [5, 5.41) is 0. The van der Waals surface area contributed by atoms with Gasteiger partial charge in [0.1, 0.15) is 0 Å². The van der Waals surface area contributed by atoms with Crippen molar-refractivity contribution < 1.29 is 9.53 Å². The second-order valence-electron chi connectivity index (χ2n) is 5.85. The van der Waals surface area contributed by atoms with Crippen LogP contribution in [0.2, 0.25) is 0 Å². The zero-order chi connectivity index (χ0) is 13.3. The average molecular weight is 260 g/mol. The summed E-state index contributed by atoms with van der Waals surface area (Å²) in [5.41, 5.74) is 2.56. The molecule has 4 heteroatoms. The molecule has 1 amide bonds. The van der Waals surface area contributed by atoms with E-state index in [2.05, 4.69) is 4.98 Å². The van der Waals surface area contributed by atoms with Gasteiger partial charge in [0, 0.05) is 43.9 Å². The van der Waals surface area contributed by atoms with E-state index in [9.17, 15) is 4.79 Å². The molecule has 0 aromatic carbocycles. The van der Waals surface area contributed by atoms with E-state index < -0.39 is 0 Å². The molecule has 2 aliphatic heterocycles. The smallest absolute Gasteiger partial charge is 0.222 e. The lowest BCUT2D eigenvalue weighted by atomic mass is 9.79. The summed E-state index contributed by atoms with van der Waals surface area (Å²) in [4.78, 5) is 18.2. The Bertz CT molecular complexity index is 481. The van der Waals surface area contributed by atoms with E-state index >= 15 is 0 Å². The Kier molecular flexibility index (Phi) is 3.27. The van der Waals surface area contributed by atoms with Crippen LogP contribution in [-0.2, 0) is 16.1 Å². The van der Waals surface area contributed by atoms with Crippen molar-refractivity contribution in [1.29, 1.82) is 0 Å². The lowest BCUT2D eigenvalue weighted by Gasteiger charge is -2.39. The number of hydrogen-bond acceptors (Lipinski definition) is 3. The lowest BCUT2D eigenvalue weighted by Crippen LogP contribution is -2.46. The molecule has 19 heavy (non-hydrogen) atoms. The van der Waals surface area contributed by atoms with Gasteiger partial charge in [-0.1, -0.05) is 0 Å². The van der Waals surface area contributed by atoms with E-state index in [1.807, 2.05) is 24.1 Å². The van der Waals surface area contributed by atoms with E-state index in [4.69, 9.17) is 4.74 Å². The fourth-order valence-electron chi connectivity index (χ4n) is 3.10. The van der Waals surface area contributed by atoms with E-state index in [1.165, 1.54) is 5.56 Å². The Morgan fingerprint density at radius 1 is 1.47 bits per heavy atom. The zero-order valence-electron chi connectivity index (χ0n) is 11.4. The van der Waals surface area contributed by atoms with Crippen molar-refractivity contribution in [3.05, 3.63) is 29.6 Å². The molecule has 0 aliphatic carbocycles. The summed E-state index contributed by atoms with van der Waals surface area (Å²) in [7, 11) is 0. The SMILES string of the molecule is Cc1cnccc1CN1CC2(CCOC2)CCC1=O. The third kappa shape index (κ3) is 2.50. The monoisotopic (exact) mass is 260 g/mol. The normalized spacial score (nSPS) is 27.2. The Morgan fingerprint density at radius 3 is 3.11 bits per heavy atom. The summed E-state index contributed by atoms with van der Waals surface area (Å²) >= 11 is 0. The average Bonchev–Trinajstić information content (AvgIpc) is 2.85. The number of amides is 1. The van der Waals surface area contributed by atoms with Gasteiger partial charge >= 0.3 is 0 Å². The first kappa shape index (κ1) is 12.6. The fraction of sp³-hybridized carbons (Fsp3) is 0.600. The quantitative estimate of drug-likeness (QED) is 0.816. The predicted octanol–water partition coefficient (Wildman–Crippen LogP) is 1.92. The molecule has 0 bridgehead atoms. The number of aromatic nitrogens is 1. The van der Waals surface area contributed by atoms with Crippen LogP contribution in [-0.4, -0.2) is 35.5 Å². The first-order chi connectivity index (χ1) is 9.19. The van der Waals surface area contributed by atoms with Crippen molar-refractivity contribution in [2.75, 3.05) is 19.8 Å². The van der Waals surface area contributed by atoms with Crippen LogP contribution in [0.4, 0.5) is 0 Å². The van der Waals surface area contributed by atoms with Crippen LogP contribution in [0.1, 0.15) is 30.4 Å². The number of ether oxygens (including phenoxy) is 1. The van der Waals surface area contributed by atoms with Gasteiger partial charge in [-0.3, -0.25) is 9.78 Å². The molecular weight excluding hydrogens is 240 g/mol. The highest BCUT2D eigenvalue weighted by Crippen LogP contribution is 2.38. The highest BCUT2D eigenvalue weighted by Gasteiger charge is 2.41. The number of nitrogens with zero attached hydrogens (tertiary/aromatic N) is 2. The first-order valence-electron chi connectivity index (χ1n) is 6.94. The lowest BCUT2D eigenvalue weighted by molar-refractivity contribution is -0.138. The van der Waals surface area contributed by atoms with Gasteiger partial charge in [-0.15, -0.1) is 0 Å². The maximum atomic E-state index is 12.1. The molecule has 4 nitrogen and oxygen atoms in total. The number of carbonyl (C=O) groups is 1. The van der Waals surface area contributed by atoms with Gasteiger partial charge in [-0.2, -0.15) is 0 Å². The molecule has 1 atom stereocenters. The molecule has 2 fully saturated rings. The first-order valence-corrected chi connectivity index (χ1v) is 6.94. The Hall–Kier alpha value is -1.42. The molecule has 2 aliphatic rings. The van der Waals surface area contributed by atoms with Crippen molar-refractivity contribution in [2.45, 2.75) is 32.7 Å². The van der Waals surface area contributed by atoms with E-state index in [1.54, 1.807) is 6.20 Å². The highest BCUT2D eigenvalue weighted by molar-refractivity contribution is 5.77. The second-order valence-corrected chi connectivity index (χ2v) is 5.85. The Labute approximate surface area is 113 Å². The van der Waals surface area contributed by atoms with Crippen LogP contribution >= 0.6 is 0 Å². The summed E-state index contributed by atoms with van der Waals surface area (Å²) < 4.78 is 5.55. The van der Waals surface area contributed by atoms with Crippen molar-refractivity contribution in [2.24, 2.45) is 5.41 Å². The number of pyridine rings is 1. The molecule has 0 N–H and O–H groups in total. The van der Waals surface area contributed by atoms with E-state index in [0.717, 1.165) is 38.2 Å². The zero-order valence-corrected chi connectivity index (χ0v) is 11.4. The van der Waals surface area contributed by atoms with Crippen LogP contribution in [0.5, 0.6) is 0 Å². The minimum atomic E-state index is 0.217. The van der Waals surface area contributed by atoms with Crippen LogP contribution in [0.25, 0.3) is 0 Å². The molecule has 1 spiro atoms. The molecule has 1 aromatic rings.